The Morgan fingerprint density at radius 2 is 1.72 bits per heavy atom. The average Bonchev–Trinajstić information content (AvgIpc) is 3.09. The summed E-state index contributed by atoms with van der Waals surface area (Å²) in [5, 5.41) is 3.00. The SMILES string of the molecule is COC(=O)CCc1cc2cc(Cl)ccc2n1S(=O)(=O)c1ccc2ccccc2c1. The van der Waals surface area contributed by atoms with Gasteiger partial charge >= 0.3 is 5.97 Å². The highest BCUT2D eigenvalue weighted by atomic mass is 35.5. The molecule has 0 aliphatic carbocycles. The minimum Gasteiger partial charge on any atom is -0.469 e. The molecule has 0 aliphatic rings. The highest BCUT2D eigenvalue weighted by Gasteiger charge is 2.24. The van der Waals surface area contributed by atoms with Gasteiger partial charge in [0.1, 0.15) is 0 Å². The van der Waals surface area contributed by atoms with Crippen LogP contribution in [0.25, 0.3) is 21.7 Å². The number of aryl methyl sites for hydroxylation is 1. The number of fused-ring (bicyclic) bond motifs is 2. The van der Waals surface area contributed by atoms with E-state index in [0.717, 1.165) is 10.8 Å². The summed E-state index contributed by atoms with van der Waals surface area (Å²) in [6, 6.07) is 19.4. The standard InChI is InChI=1S/C22H18ClNO4S/c1-28-22(25)11-8-19-13-17-12-18(23)7-10-21(17)24(19)29(26,27)20-9-6-15-4-2-3-5-16(15)14-20/h2-7,9-10,12-14H,8,11H2,1H3. The van der Waals surface area contributed by atoms with Crippen LogP contribution < -0.4 is 0 Å². The van der Waals surface area contributed by atoms with Crippen LogP contribution in [0.2, 0.25) is 5.02 Å². The van der Waals surface area contributed by atoms with Gasteiger partial charge in [-0.3, -0.25) is 4.79 Å². The van der Waals surface area contributed by atoms with E-state index in [9.17, 15) is 13.2 Å². The summed E-state index contributed by atoms with van der Waals surface area (Å²) in [6.07, 6.45) is 0.305. The van der Waals surface area contributed by atoms with Crippen LogP contribution in [-0.2, 0) is 26.0 Å². The molecule has 0 aliphatic heterocycles. The third kappa shape index (κ3) is 3.61. The number of benzene rings is 3. The summed E-state index contributed by atoms with van der Waals surface area (Å²) in [5.74, 6) is -0.400. The number of halogens is 1. The molecule has 4 rings (SSSR count). The molecule has 1 aromatic heterocycles. The van der Waals surface area contributed by atoms with Crippen LogP contribution in [0.4, 0.5) is 0 Å². The maximum absolute atomic E-state index is 13.6. The Morgan fingerprint density at radius 1 is 0.966 bits per heavy atom. The van der Waals surface area contributed by atoms with Gasteiger partial charge in [-0.05, 0) is 53.6 Å². The van der Waals surface area contributed by atoms with Crippen molar-refractivity contribution in [3.8, 4) is 0 Å². The predicted molar refractivity (Wildman–Crippen MR) is 114 cm³/mol. The molecular formula is C22H18ClNO4S. The highest BCUT2D eigenvalue weighted by molar-refractivity contribution is 7.90. The van der Waals surface area contributed by atoms with Gasteiger partial charge in [-0.15, -0.1) is 0 Å². The lowest BCUT2D eigenvalue weighted by Gasteiger charge is -2.13. The second kappa shape index (κ2) is 7.54. The van der Waals surface area contributed by atoms with E-state index in [1.54, 1.807) is 42.5 Å². The van der Waals surface area contributed by atoms with Gasteiger partial charge in [0.25, 0.3) is 10.0 Å². The van der Waals surface area contributed by atoms with Crippen LogP contribution in [0.1, 0.15) is 12.1 Å². The van der Waals surface area contributed by atoms with Crippen molar-refractivity contribution in [2.24, 2.45) is 0 Å². The maximum Gasteiger partial charge on any atom is 0.305 e. The monoisotopic (exact) mass is 427 g/mol. The average molecular weight is 428 g/mol. The van der Waals surface area contributed by atoms with Gasteiger partial charge in [0.15, 0.2) is 0 Å². The number of hydrogen-bond acceptors (Lipinski definition) is 4. The van der Waals surface area contributed by atoms with Gasteiger partial charge in [-0.2, -0.15) is 0 Å². The normalized spacial score (nSPS) is 11.8. The molecule has 0 N–H and O–H groups in total. The van der Waals surface area contributed by atoms with Crippen LogP contribution in [-0.4, -0.2) is 25.5 Å². The Hall–Kier alpha value is -2.83. The van der Waals surface area contributed by atoms with E-state index < -0.39 is 16.0 Å². The summed E-state index contributed by atoms with van der Waals surface area (Å²) < 4.78 is 33.2. The third-order valence-electron chi connectivity index (χ3n) is 4.86. The fourth-order valence-corrected chi connectivity index (χ4v) is 5.23. The molecule has 3 aromatic carbocycles. The number of aromatic nitrogens is 1. The van der Waals surface area contributed by atoms with Crippen molar-refractivity contribution in [2.75, 3.05) is 7.11 Å². The number of nitrogens with zero attached hydrogens (tertiary/aromatic N) is 1. The first-order chi connectivity index (χ1) is 13.9. The molecule has 29 heavy (non-hydrogen) atoms. The lowest BCUT2D eigenvalue weighted by Crippen LogP contribution is -2.16. The van der Waals surface area contributed by atoms with Crippen LogP contribution in [0.5, 0.6) is 0 Å². The zero-order valence-corrected chi connectivity index (χ0v) is 17.2. The Morgan fingerprint density at radius 3 is 2.48 bits per heavy atom. The van der Waals surface area contributed by atoms with E-state index in [-0.39, 0.29) is 17.7 Å². The predicted octanol–water partition coefficient (Wildman–Crippen LogP) is 4.79. The molecule has 0 spiro atoms. The van der Waals surface area contributed by atoms with Crippen molar-refractivity contribution >= 4 is 49.3 Å². The molecule has 0 bridgehead atoms. The molecular weight excluding hydrogens is 410 g/mol. The number of carbonyl (C=O) groups is 1. The Kier molecular flexibility index (Phi) is 5.06. The van der Waals surface area contributed by atoms with Gasteiger partial charge in [0, 0.05) is 16.1 Å². The molecule has 148 valence electrons. The lowest BCUT2D eigenvalue weighted by molar-refractivity contribution is -0.140. The fourth-order valence-electron chi connectivity index (χ4n) is 3.44. The van der Waals surface area contributed by atoms with E-state index in [0.29, 0.717) is 21.6 Å². The second-order valence-corrected chi connectivity index (χ2v) is 8.92. The zero-order valence-electron chi connectivity index (χ0n) is 15.6. The number of rotatable bonds is 5. The largest absolute Gasteiger partial charge is 0.469 e. The maximum atomic E-state index is 13.6. The Bertz CT molecular complexity index is 1340. The Balaban J connectivity index is 1.90. The molecule has 0 atom stereocenters. The van der Waals surface area contributed by atoms with Crippen molar-refractivity contribution in [1.82, 2.24) is 3.97 Å². The number of carbonyl (C=O) groups excluding carboxylic acids is 1. The number of hydrogen-bond donors (Lipinski definition) is 0. The second-order valence-electron chi connectivity index (χ2n) is 6.69. The van der Waals surface area contributed by atoms with Crippen LogP contribution >= 0.6 is 11.6 Å². The van der Waals surface area contributed by atoms with E-state index in [1.807, 2.05) is 24.3 Å². The lowest BCUT2D eigenvalue weighted by atomic mass is 10.1. The van der Waals surface area contributed by atoms with E-state index in [4.69, 9.17) is 16.3 Å². The van der Waals surface area contributed by atoms with Gasteiger partial charge < -0.3 is 4.74 Å². The van der Waals surface area contributed by atoms with Crippen molar-refractivity contribution < 1.29 is 17.9 Å². The summed E-state index contributed by atoms with van der Waals surface area (Å²) >= 11 is 6.09. The van der Waals surface area contributed by atoms with E-state index >= 15 is 0 Å². The summed E-state index contributed by atoms with van der Waals surface area (Å²) in [6.45, 7) is 0. The quantitative estimate of drug-likeness (QED) is 0.429. The van der Waals surface area contributed by atoms with Gasteiger partial charge in [-0.1, -0.05) is 41.9 Å². The molecule has 0 radical (unpaired) electrons. The van der Waals surface area contributed by atoms with E-state index in [1.165, 1.54) is 11.1 Å². The van der Waals surface area contributed by atoms with Crippen molar-refractivity contribution in [2.45, 2.75) is 17.7 Å². The van der Waals surface area contributed by atoms with E-state index in [2.05, 4.69) is 0 Å². The smallest absolute Gasteiger partial charge is 0.305 e. The number of ether oxygens (including phenoxy) is 1. The number of esters is 1. The first-order valence-electron chi connectivity index (χ1n) is 9.01. The van der Waals surface area contributed by atoms with Crippen LogP contribution in [0.3, 0.4) is 0 Å². The topological polar surface area (TPSA) is 65.4 Å². The van der Waals surface area contributed by atoms with Gasteiger partial charge in [0.05, 0.1) is 23.9 Å². The first-order valence-corrected chi connectivity index (χ1v) is 10.8. The van der Waals surface area contributed by atoms with Gasteiger partial charge in [-0.25, -0.2) is 12.4 Å². The van der Waals surface area contributed by atoms with Crippen molar-refractivity contribution in [1.29, 1.82) is 0 Å². The fraction of sp³-hybridized carbons (Fsp3) is 0.136. The first kappa shape index (κ1) is 19.5. The molecule has 4 aromatic rings. The van der Waals surface area contributed by atoms with Crippen LogP contribution in [0.15, 0.2) is 71.6 Å². The van der Waals surface area contributed by atoms with Gasteiger partial charge in [0.2, 0.25) is 0 Å². The number of methoxy groups -OCH3 is 1. The molecule has 1 heterocycles. The molecule has 0 amide bonds. The van der Waals surface area contributed by atoms with Crippen LogP contribution in [0, 0.1) is 0 Å². The molecule has 0 fully saturated rings. The minimum absolute atomic E-state index is 0.0772. The zero-order chi connectivity index (χ0) is 20.6. The third-order valence-corrected chi connectivity index (χ3v) is 6.86. The van der Waals surface area contributed by atoms with Crippen molar-refractivity contribution in [3.05, 3.63) is 77.4 Å². The minimum atomic E-state index is -3.89. The summed E-state index contributed by atoms with van der Waals surface area (Å²) in [4.78, 5) is 11.8. The molecule has 7 heteroatoms. The van der Waals surface area contributed by atoms with Crippen molar-refractivity contribution in [3.63, 3.8) is 0 Å². The molecule has 5 nitrogen and oxygen atoms in total. The summed E-state index contributed by atoms with van der Waals surface area (Å²) in [7, 11) is -2.58. The molecule has 0 saturated carbocycles. The molecule has 0 saturated heterocycles. The highest BCUT2D eigenvalue weighted by Crippen LogP contribution is 2.30. The Labute approximate surface area is 173 Å². The summed E-state index contributed by atoms with van der Waals surface area (Å²) in [5.41, 5.74) is 1.02. The molecule has 0 unspecified atom stereocenters.